The molecule has 2 radical (unpaired) electrons. The highest BCUT2D eigenvalue weighted by molar-refractivity contribution is 6.11. The molecule has 66 valence electrons. The van der Waals surface area contributed by atoms with Gasteiger partial charge in [0, 0.05) is 21.6 Å². The topological polar surface area (TPSA) is 38.7 Å². The minimum absolute atomic E-state index is 0. The van der Waals surface area contributed by atoms with Crippen LogP contribution < -0.4 is 0 Å². The normalized spacial score (nSPS) is 29.4. The Morgan fingerprint density at radius 3 is 2.64 bits per heavy atom. The van der Waals surface area contributed by atoms with Crippen molar-refractivity contribution in [2.24, 2.45) is 0 Å². The fourth-order valence-corrected chi connectivity index (χ4v) is 1.04. The Balaban J connectivity index is 0. The molecule has 3 nitrogen and oxygen atoms in total. The molecule has 0 spiro atoms. The average Bonchev–Trinajstić information content (AvgIpc) is 2.41. The lowest BCUT2D eigenvalue weighted by molar-refractivity contribution is 0.0251. The van der Waals surface area contributed by atoms with Crippen LogP contribution in [0, 0.1) is 0 Å². The molecule has 1 saturated heterocycles. The third-order valence-electron chi connectivity index (χ3n) is 1.49. The predicted octanol–water partition coefficient (Wildman–Crippen LogP) is 0.161. The Morgan fingerprint density at radius 2 is 2.27 bits per heavy atom. The second-order valence-corrected chi connectivity index (χ2v) is 2.33. The lowest BCUT2D eigenvalue weighted by atomic mass is 9.97. The number of aliphatic hydroxyl groups excluding tert-OH is 1. The van der Waals surface area contributed by atoms with Gasteiger partial charge in [0.1, 0.15) is 7.85 Å². The van der Waals surface area contributed by atoms with E-state index in [-0.39, 0.29) is 13.5 Å². The fourth-order valence-electron chi connectivity index (χ4n) is 1.04. The van der Waals surface area contributed by atoms with Crippen molar-refractivity contribution in [2.45, 2.75) is 24.9 Å². The van der Waals surface area contributed by atoms with Gasteiger partial charge in [0.05, 0.1) is 12.7 Å². The minimum Gasteiger partial charge on any atom is -0.400 e. The van der Waals surface area contributed by atoms with Crippen LogP contribution in [0.25, 0.3) is 0 Å². The molecule has 0 amide bonds. The van der Waals surface area contributed by atoms with E-state index in [1.54, 1.807) is 7.11 Å². The van der Waals surface area contributed by atoms with Crippen molar-refractivity contribution in [2.75, 3.05) is 20.8 Å². The molecule has 0 aliphatic carbocycles. The molecule has 0 aromatic carbocycles. The van der Waals surface area contributed by atoms with Crippen molar-refractivity contribution < 1.29 is 16.0 Å². The van der Waals surface area contributed by atoms with E-state index < -0.39 is 0 Å². The summed E-state index contributed by atoms with van der Waals surface area (Å²) >= 11 is 0. The fraction of sp³-hybridized carbons (Fsp3) is 1.00. The second kappa shape index (κ2) is 6.64. The van der Waals surface area contributed by atoms with Crippen molar-refractivity contribution in [1.29, 1.82) is 0 Å². The van der Waals surface area contributed by atoms with Gasteiger partial charge in [-0.2, -0.15) is 0 Å². The maximum Gasteiger partial charge on any atom is 0.109 e. The molecule has 1 aliphatic rings. The van der Waals surface area contributed by atoms with Gasteiger partial charge in [0.2, 0.25) is 0 Å². The van der Waals surface area contributed by atoms with E-state index in [2.05, 4.69) is 0 Å². The lowest BCUT2D eigenvalue weighted by Crippen LogP contribution is -2.15. The van der Waals surface area contributed by atoms with Crippen LogP contribution in [0.3, 0.4) is 0 Å². The van der Waals surface area contributed by atoms with E-state index in [0.29, 0.717) is 6.61 Å². The Labute approximate surface area is 70.6 Å². The van der Waals surface area contributed by atoms with Crippen LogP contribution in [-0.4, -0.2) is 45.9 Å². The molecule has 1 N–H and O–H groups in total. The van der Waals surface area contributed by atoms with Gasteiger partial charge in [-0.25, -0.2) is 0 Å². The number of ether oxygens (including phenoxy) is 2. The van der Waals surface area contributed by atoms with Crippen molar-refractivity contribution in [3.8, 4) is 0 Å². The average molecular weight is 160 g/mol. The SMILES string of the molecule is CO.[B][C@H]1CC[C@@H](COC)O1.[HH]. The summed E-state index contributed by atoms with van der Waals surface area (Å²) in [4.78, 5) is 0. The van der Waals surface area contributed by atoms with Crippen LogP contribution in [0.1, 0.15) is 14.3 Å². The summed E-state index contributed by atoms with van der Waals surface area (Å²) in [5.41, 5.74) is 0. The summed E-state index contributed by atoms with van der Waals surface area (Å²) in [5.74, 6) is 0. The zero-order valence-corrected chi connectivity index (χ0v) is 7.12. The zero-order valence-electron chi connectivity index (χ0n) is 7.12. The quantitative estimate of drug-likeness (QED) is 0.584. The van der Waals surface area contributed by atoms with Crippen molar-refractivity contribution >= 4 is 7.85 Å². The van der Waals surface area contributed by atoms with Gasteiger partial charge in [-0.05, 0) is 12.8 Å². The van der Waals surface area contributed by atoms with Gasteiger partial charge in [-0.15, -0.1) is 0 Å². The molecule has 1 heterocycles. The zero-order chi connectivity index (χ0) is 8.69. The molecule has 2 atom stereocenters. The van der Waals surface area contributed by atoms with E-state index in [1.807, 2.05) is 0 Å². The van der Waals surface area contributed by atoms with Gasteiger partial charge in [0.15, 0.2) is 0 Å². The van der Waals surface area contributed by atoms with E-state index in [0.717, 1.165) is 20.0 Å². The maximum absolute atomic E-state index is 7.00. The maximum atomic E-state index is 7.00. The highest BCUT2D eigenvalue weighted by Crippen LogP contribution is 2.16. The van der Waals surface area contributed by atoms with Crippen molar-refractivity contribution in [3.63, 3.8) is 0 Å². The molecule has 11 heavy (non-hydrogen) atoms. The van der Waals surface area contributed by atoms with Crippen LogP contribution in [0.5, 0.6) is 0 Å². The van der Waals surface area contributed by atoms with Crippen LogP contribution in [-0.2, 0) is 9.47 Å². The van der Waals surface area contributed by atoms with E-state index in [4.69, 9.17) is 22.4 Å². The summed E-state index contributed by atoms with van der Waals surface area (Å²) in [7, 11) is 8.15. The molecule has 0 bridgehead atoms. The second-order valence-electron chi connectivity index (χ2n) is 2.33. The summed E-state index contributed by atoms with van der Waals surface area (Å²) in [6.07, 6.45) is 2.24. The number of hydrogen-bond donors (Lipinski definition) is 1. The summed E-state index contributed by atoms with van der Waals surface area (Å²) in [5, 5.41) is 7.00. The van der Waals surface area contributed by atoms with Crippen LogP contribution in [0.15, 0.2) is 0 Å². The van der Waals surface area contributed by atoms with Crippen LogP contribution in [0.4, 0.5) is 0 Å². The number of hydrogen-bond acceptors (Lipinski definition) is 3. The molecular formula is C7H17BO3. The molecule has 0 aromatic rings. The Kier molecular flexibility index (Phi) is 6.61. The Hall–Kier alpha value is -0.0551. The van der Waals surface area contributed by atoms with E-state index in [9.17, 15) is 0 Å². The first-order valence-electron chi connectivity index (χ1n) is 3.67. The van der Waals surface area contributed by atoms with Crippen LogP contribution >= 0.6 is 0 Å². The molecule has 1 aliphatic heterocycles. The van der Waals surface area contributed by atoms with Gasteiger partial charge in [-0.3, -0.25) is 0 Å². The summed E-state index contributed by atoms with van der Waals surface area (Å²) < 4.78 is 10.1. The first-order valence-corrected chi connectivity index (χ1v) is 3.67. The van der Waals surface area contributed by atoms with E-state index >= 15 is 0 Å². The summed E-state index contributed by atoms with van der Waals surface area (Å²) in [6, 6.07) is -0.0508. The van der Waals surface area contributed by atoms with Gasteiger partial charge >= 0.3 is 0 Å². The molecule has 0 aromatic heterocycles. The smallest absolute Gasteiger partial charge is 0.109 e. The molecule has 1 fully saturated rings. The monoisotopic (exact) mass is 160 g/mol. The number of methoxy groups -OCH3 is 1. The van der Waals surface area contributed by atoms with Gasteiger partial charge in [0.25, 0.3) is 0 Å². The van der Waals surface area contributed by atoms with E-state index in [1.165, 1.54) is 0 Å². The number of aliphatic hydroxyl groups is 1. The van der Waals surface area contributed by atoms with Crippen LogP contribution in [0.2, 0.25) is 0 Å². The van der Waals surface area contributed by atoms with Gasteiger partial charge in [-0.1, -0.05) is 0 Å². The molecular weight excluding hydrogens is 143 g/mol. The predicted molar refractivity (Wildman–Crippen MR) is 45.8 cm³/mol. The first-order chi connectivity index (χ1) is 5.33. The third kappa shape index (κ3) is 4.40. The van der Waals surface area contributed by atoms with Crippen molar-refractivity contribution in [1.82, 2.24) is 0 Å². The largest absolute Gasteiger partial charge is 0.400 e. The highest BCUT2D eigenvalue weighted by Gasteiger charge is 2.20. The van der Waals surface area contributed by atoms with Crippen molar-refractivity contribution in [3.05, 3.63) is 0 Å². The molecule has 1 rings (SSSR count). The Morgan fingerprint density at radius 1 is 1.64 bits per heavy atom. The van der Waals surface area contributed by atoms with Gasteiger partial charge < -0.3 is 14.6 Å². The lowest BCUT2D eigenvalue weighted by Gasteiger charge is -2.08. The first kappa shape index (κ1) is 10.9. The number of rotatable bonds is 2. The third-order valence-corrected chi connectivity index (χ3v) is 1.49. The standard InChI is InChI=1S/C6H11BO2.CH4O.H2/c1-8-4-5-2-3-6(7)9-5;1-2;/h5-6H,2-4H2,1H3;2H,1H3;1H/t5-,6+;;/m0../s1. The molecule has 4 heteroatoms. The highest BCUT2D eigenvalue weighted by atomic mass is 16.5. The minimum atomic E-state index is -0.0508. The Bertz CT molecular complexity index is 92.7. The molecule has 0 unspecified atom stereocenters. The summed E-state index contributed by atoms with van der Waals surface area (Å²) in [6.45, 7) is 0.674. The molecule has 0 saturated carbocycles.